The molecule has 148 valence electrons. The monoisotopic (exact) mass is 372 g/mol. The van der Waals surface area contributed by atoms with Gasteiger partial charge in [-0.25, -0.2) is 0 Å². The van der Waals surface area contributed by atoms with Crippen molar-refractivity contribution in [1.29, 1.82) is 5.26 Å². The van der Waals surface area contributed by atoms with E-state index in [9.17, 15) is 10.1 Å². The highest BCUT2D eigenvalue weighted by Gasteiger charge is 2.25. The molecule has 0 spiro atoms. The van der Waals surface area contributed by atoms with Crippen LogP contribution in [-0.2, 0) is 16.1 Å². The minimum atomic E-state index is -0.0503. The first kappa shape index (κ1) is 19.9. The van der Waals surface area contributed by atoms with Gasteiger partial charge >= 0.3 is 0 Å². The zero-order valence-corrected chi connectivity index (χ0v) is 16.9. The Morgan fingerprint density at radius 2 is 2.00 bits per heavy atom. The van der Waals surface area contributed by atoms with Crippen molar-refractivity contribution in [2.24, 2.45) is 0 Å². The number of amides is 1. The first-order valence-corrected chi connectivity index (χ1v) is 10.2. The van der Waals surface area contributed by atoms with E-state index in [1.807, 2.05) is 20.9 Å². The number of likely N-dealkylation sites (N-methyl/N-ethyl adjacent to an activating group) is 1. The van der Waals surface area contributed by atoms with E-state index in [2.05, 4.69) is 20.9 Å². The molecule has 2 fully saturated rings. The van der Waals surface area contributed by atoms with E-state index in [-0.39, 0.29) is 12.0 Å². The summed E-state index contributed by atoms with van der Waals surface area (Å²) in [7, 11) is 2.03. The standard InChI is InChI=1S/C21H32N4O2/c1-15-16(2)25(13-18-10-7-11-27-18)21(19(15)12-22)23-20(26)14-24(3)17-8-5-4-6-9-17/h17-18H,4-11,13-14H2,1-3H3,(H,23,26)/t18-/m1/s1. The van der Waals surface area contributed by atoms with Crippen molar-refractivity contribution in [1.82, 2.24) is 9.47 Å². The van der Waals surface area contributed by atoms with Crippen molar-refractivity contribution < 1.29 is 9.53 Å². The SMILES string of the molecule is Cc1c(C#N)c(NC(=O)CN(C)C2CCCCC2)n(C[C@H]2CCCO2)c1C. The van der Waals surface area contributed by atoms with Crippen LogP contribution in [0, 0.1) is 25.2 Å². The lowest BCUT2D eigenvalue weighted by atomic mass is 9.94. The van der Waals surface area contributed by atoms with Crippen molar-refractivity contribution in [2.45, 2.75) is 77.5 Å². The third-order valence-electron chi connectivity index (χ3n) is 6.20. The topological polar surface area (TPSA) is 70.3 Å². The molecular weight excluding hydrogens is 340 g/mol. The molecule has 0 bridgehead atoms. The van der Waals surface area contributed by atoms with Gasteiger partial charge in [-0.1, -0.05) is 19.3 Å². The minimum Gasteiger partial charge on any atom is -0.376 e. The van der Waals surface area contributed by atoms with Crippen LogP contribution in [0.2, 0.25) is 0 Å². The van der Waals surface area contributed by atoms with Crippen molar-refractivity contribution in [3.8, 4) is 6.07 Å². The van der Waals surface area contributed by atoms with Gasteiger partial charge < -0.3 is 14.6 Å². The number of anilines is 1. The summed E-state index contributed by atoms with van der Waals surface area (Å²) in [4.78, 5) is 14.9. The van der Waals surface area contributed by atoms with Crippen LogP contribution < -0.4 is 5.32 Å². The number of carbonyl (C=O) groups is 1. The fourth-order valence-corrected chi connectivity index (χ4v) is 4.40. The van der Waals surface area contributed by atoms with Gasteiger partial charge in [0.05, 0.1) is 24.8 Å². The molecule has 1 aromatic heterocycles. The van der Waals surface area contributed by atoms with Crippen LogP contribution in [0.5, 0.6) is 0 Å². The molecule has 2 aliphatic rings. The molecule has 27 heavy (non-hydrogen) atoms. The number of hydrogen-bond donors (Lipinski definition) is 1. The highest BCUT2D eigenvalue weighted by molar-refractivity contribution is 5.93. The smallest absolute Gasteiger partial charge is 0.239 e. The molecule has 1 saturated carbocycles. The van der Waals surface area contributed by atoms with Gasteiger partial charge in [-0.05, 0) is 52.1 Å². The number of hydrogen-bond acceptors (Lipinski definition) is 4. The van der Waals surface area contributed by atoms with Crippen molar-refractivity contribution >= 4 is 11.7 Å². The molecule has 0 aromatic carbocycles. The molecule has 3 rings (SSSR count). The second kappa shape index (κ2) is 8.90. The Morgan fingerprint density at radius 1 is 1.26 bits per heavy atom. The summed E-state index contributed by atoms with van der Waals surface area (Å²) < 4.78 is 7.83. The van der Waals surface area contributed by atoms with Crippen LogP contribution in [0.4, 0.5) is 5.82 Å². The van der Waals surface area contributed by atoms with Gasteiger partial charge in [-0.3, -0.25) is 9.69 Å². The number of nitriles is 1. The predicted molar refractivity (Wildman–Crippen MR) is 106 cm³/mol. The lowest BCUT2D eigenvalue weighted by Crippen LogP contribution is -2.39. The second-order valence-electron chi connectivity index (χ2n) is 8.05. The lowest BCUT2D eigenvalue weighted by Gasteiger charge is -2.30. The fourth-order valence-electron chi connectivity index (χ4n) is 4.40. The van der Waals surface area contributed by atoms with E-state index in [0.29, 0.717) is 30.5 Å². The molecule has 6 heteroatoms. The van der Waals surface area contributed by atoms with Crippen LogP contribution in [-0.4, -0.2) is 47.7 Å². The van der Waals surface area contributed by atoms with Gasteiger partial charge in [0.15, 0.2) is 0 Å². The molecule has 1 aliphatic heterocycles. The first-order chi connectivity index (χ1) is 13.0. The molecule has 1 saturated heterocycles. The van der Waals surface area contributed by atoms with Crippen LogP contribution in [0.1, 0.15) is 61.8 Å². The lowest BCUT2D eigenvalue weighted by molar-refractivity contribution is -0.117. The van der Waals surface area contributed by atoms with E-state index < -0.39 is 0 Å². The maximum absolute atomic E-state index is 12.7. The van der Waals surface area contributed by atoms with Gasteiger partial charge in [-0.2, -0.15) is 5.26 Å². The average molecular weight is 373 g/mol. The van der Waals surface area contributed by atoms with E-state index >= 15 is 0 Å². The zero-order valence-electron chi connectivity index (χ0n) is 16.9. The second-order valence-corrected chi connectivity index (χ2v) is 8.05. The molecule has 2 heterocycles. The Labute approximate surface area is 162 Å². The molecule has 1 amide bonds. The number of nitrogens with zero attached hydrogens (tertiary/aromatic N) is 3. The van der Waals surface area contributed by atoms with Gasteiger partial charge in [0.2, 0.25) is 5.91 Å². The van der Waals surface area contributed by atoms with E-state index in [1.165, 1.54) is 32.1 Å². The Bertz CT molecular complexity index is 707. The summed E-state index contributed by atoms with van der Waals surface area (Å²) in [5.41, 5.74) is 2.53. The molecular formula is C21H32N4O2. The Balaban J connectivity index is 1.73. The summed E-state index contributed by atoms with van der Waals surface area (Å²) >= 11 is 0. The largest absolute Gasteiger partial charge is 0.376 e. The molecule has 1 aromatic rings. The fraction of sp³-hybridized carbons (Fsp3) is 0.714. The summed E-state index contributed by atoms with van der Waals surface area (Å²) in [6.07, 6.45) is 8.39. The first-order valence-electron chi connectivity index (χ1n) is 10.2. The van der Waals surface area contributed by atoms with Gasteiger partial charge in [0.25, 0.3) is 0 Å². The number of aromatic nitrogens is 1. The van der Waals surface area contributed by atoms with Crippen molar-refractivity contribution in [3.05, 3.63) is 16.8 Å². The Hall–Kier alpha value is -1.84. The van der Waals surface area contributed by atoms with E-state index in [1.54, 1.807) is 0 Å². The quantitative estimate of drug-likeness (QED) is 0.831. The van der Waals surface area contributed by atoms with Gasteiger partial charge in [-0.15, -0.1) is 0 Å². The normalized spacial score (nSPS) is 20.8. The Kier molecular flexibility index (Phi) is 6.56. The minimum absolute atomic E-state index is 0.0503. The summed E-state index contributed by atoms with van der Waals surface area (Å²) in [5, 5.41) is 12.7. The highest BCUT2D eigenvalue weighted by Crippen LogP contribution is 2.28. The average Bonchev–Trinajstić information content (AvgIpc) is 3.25. The van der Waals surface area contributed by atoms with E-state index in [4.69, 9.17) is 4.74 Å². The summed E-state index contributed by atoms with van der Waals surface area (Å²) in [5.74, 6) is 0.579. The zero-order chi connectivity index (χ0) is 19.4. The third kappa shape index (κ3) is 4.53. The third-order valence-corrected chi connectivity index (χ3v) is 6.20. The number of ether oxygens (including phenoxy) is 1. The molecule has 0 unspecified atom stereocenters. The molecule has 6 nitrogen and oxygen atoms in total. The molecule has 1 aliphatic carbocycles. The van der Waals surface area contributed by atoms with Crippen LogP contribution in [0.25, 0.3) is 0 Å². The van der Waals surface area contributed by atoms with Crippen LogP contribution in [0.15, 0.2) is 0 Å². The van der Waals surface area contributed by atoms with E-state index in [0.717, 1.165) is 30.7 Å². The van der Waals surface area contributed by atoms with Crippen LogP contribution >= 0.6 is 0 Å². The summed E-state index contributed by atoms with van der Waals surface area (Å²) in [6, 6.07) is 2.77. The number of nitrogens with one attached hydrogen (secondary N) is 1. The van der Waals surface area contributed by atoms with Crippen molar-refractivity contribution in [3.63, 3.8) is 0 Å². The maximum Gasteiger partial charge on any atom is 0.239 e. The number of carbonyl (C=O) groups excluding carboxylic acids is 1. The van der Waals surface area contributed by atoms with Gasteiger partial charge in [0.1, 0.15) is 11.9 Å². The Morgan fingerprint density at radius 3 is 2.63 bits per heavy atom. The van der Waals surface area contributed by atoms with Gasteiger partial charge in [0, 0.05) is 18.3 Å². The van der Waals surface area contributed by atoms with Crippen molar-refractivity contribution in [2.75, 3.05) is 25.5 Å². The summed E-state index contributed by atoms with van der Waals surface area (Å²) in [6.45, 7) is 5.79. The molecule has 1 N–H and O–H groups in total. The molecule has 0 radical (unpaired) electrons. The van der Waals surface area contributed by atoms with Crippen LogP contribution in [0.3, 0.4) is 0 Å². The number of rotatable bonds is 6. The predicted octanol–water partition coefficient (Wildman–Crippen LogP) is 3.36. The highest BCUT2D eigenvalue weighted by atomic mass is 16.5. The maximum atomic E-state index is 12.7. The molecule has 1 atom stereocenters.